The topological polar surface area (TPSA) is 42.0 Å². The molecule has 0 radical (unpaired) electrons. The third-order valence-corrected chi connectivity index (χ3v) is 5.48. The Morgan fingerprint density at radius 1 is 0.828 bits per heavy atom. The van der Waals surface area contributed by atoms with Crippen LogP contribution in [0.3, 0.4) is 0 Å². The van der Waals surface area contributed by atoms with Crippen molar-refractivity contribution in [2.24, 2.45) is 0 Å². The molecule has 4 rings (SSSR count). The number of nitrogens with zero attached hydrogens (tertiary/aromatic N) is 2. The van der Waals surface area contributed by atoms with Gasteiger partial charge in [0.25, 0.3) is 5.91 Å². The number of fused-ring (bicyclic) bond motifs is 1. The van der Waals surface area contributed by atoms with Gasteiger partial charge in [0.05, 0.1) is 14.2 Å². The number of carbonyl (C=O) groups excluding carboxylic acids is 1. The second-order valence-corrected chi connectivity index (χ2v) is 7.35. The van der Waals surface area contributed by atoms with Gasteiger partial charge >= 0.3 is 0 Å². The molecule has 1 aliphatic rings. The van der Waals surface area contributed by atoms with E-state index in [4.69, 9.17) is 9.47 Å². The molecule has 1 heterocycles. The van der Waals surface area contributed by atoms with E-state index in [1.807, 2.05) is 4.90 Å². The normalized spacial score (nSPS) is 14.8. The number of carbonyl (C=O) groups is 1. The van der Waals surface area contributed by atoms with E-state index >= 15 is 0 Å². The highest BCUT2D eigenvalue weighted by Crippen LogP contribution is 2.24. The fraction of sp³-hybridized carbons (Fsp3) is 0.292. The Bertz CT molecular complexity index is 988. The standard InChI is InChI=1S/C24H26N2O3/c1-28-22-14-21(15-23(16-22)29-2)24(27)26-11-9-25(10-12-26)17-18-7-8-19-5-3-4-6-20(19)13-18/h3-8,13-16H,9-12,17H2,1-2H3. The molecular formula is C24H26N2O3. The Kier molecular flexibility index (Phi) is 5.67. The maximum Gasteiger partial charge on any atom is 0.254 e. The molecule has 3 aromatic rings. The second kappa shape index (κ2) is 8.53. The van der Waals surface area contributed by atoms with Gasteiger partial charge in [-0.1, -0.05) is 36.4 Å². The molecule has 5 heteroatoms. The smallest absolute Gasteiger partial charge is 0.254 e. The number of benzene rings is 3. The number of piperazine rings is 1. The zero-order valence-corrected chi connectivity index (χ0v) is 16.9. The fourth-order valence-corrected chi connectivity index (χ4v) is 3.82. The van der Waals surface area contributed by atoms with Gasteiger partial charge in [0.2, 0.25) is 0 Å². The summed E-state index contributed by atoms with van der Waals surface area (Å²) < 4.78 is 10.6. The van der Waals surface area contributed by atoms with E-state index in [0.29, 0.717) is 30.2 Å². The van der Waals surface area contributed by atoms with Gasteiger partial charge in [-0.05, 0) is 34.5 Å². The largest absolute Gasteiger partial charge is 0.497 e. The molecule has 0 unspecified atom stereocenters. The molecule has 1 saturated heterocycles. The predicted molar refractivity (Wildman–Crippen MR) is 115 cm³/mol. The summed E-state index contributed by atoms with van der Waals surface area (Å²) in [6, 6.07) is 20.4. The van der Waals surface area contributed by atoms with Gasteiger partial charge < -0.3 is 14.4 Å². The fourth-order valence-electron chi connectivity index (χ4n) is 3.82. The maximum absolute atomic E-state index is 12.9. The molecule has 1 amide bonds. The van der Waals surface area contributed by atoms with Gasteiger partial charge in [-0.25, -0.2) is 0 Å². The SMILES string of the molecule is COc1cc(OC)cc(C(=O)N2CCN(Cc3ccc4ccccc4c3)CC2)c1. The zero-order valence-electron chi connectivity index (χ0n) is 16.9. The molecule has 1 fully saturated rings. The molecule has 29 heavy (non-hydrogen) atoms. The van der Waals surface area contributed by atoms with E-state index in [-0.39, 0.29) is 5.91 Å². The van der Waals surface area contributed by atoms with Crippen LogP contribution in [-0.2, 0) is 6.54 Å². The molecule has 0 bridgehead atoms. The lowest BCUT2D eigenvalue weighted by Gasteiger charge is -2.35. The summed E-state index contributed by atoms with van der Waals surface area (Å²) in [7, 11) is 3.18. The highest BCUT2D eigenvalue weighted by molar-refractivity contribution is 5.95. The van der Waals surface area contributed by atoms with Gasteiger partial charge in [0.1, 0.15) is 11.5 Å². The first-order valence-corrected chi connectivity index (χ1v) is 9.88. The molecule has 1 aliphatic heterocycles. The number of rotatable bonds is 5. The van der Waals surface area contributed by atoms with Crippen LogP contribution >= 0.6 is 0 Å². The van der Waals surface area contributed by atoms with Gasteiger partial charge in [0, 0.05) is 44.4 Å². The Hall–Kier alpha value is -3.05. The summed E-state index contributed by atoms with van der Waals surface area (Å²) in [6.07, 6.45) is 0. The number of hydrogen-bond donors (Lipinski definition) is 0. The minimum Gasteiger partial charge on any atom is -0.497 e. The summed E-state index contributed by atoms with van der Waals surface area (Å²) >= 11 is 0. The van der Waals surface area contributed by atoms with Gasteiger partial charge in [-0.15, -0.1) is 0 Å². The summed E-state index contributed by atoms with van der Waals surface area (Å²) in [5.74, 6) is 1.28. The van der Waals surface area contributed by atoms with Crippen molar-refractivity contribution >= 4 is 16.7 Å². The van der Waals surface area contributed by atoms with Crippen LogP contribution in [0.1, 0.15) is 15.9 Å². The molecule has 0 N–H and O–H groups in total. The summed E-state index contributed by atoms with van der Waals surface area (Å²) in [5.41, 5.74) is 1.91. The average Bonchev–Trinajstić information content (AvgIpc) is 2.78. The predicted octanol–water partition coefficient (Wildman–Crippen LogP) is 3.82. The molecule has 150 valence electrons. The summed E-state index contributed by atoms with van der Waals surface area (Å²) in [6.45, 7) is 4.05. The molecule has 0 spiro atoms. The molecule has 0 atom stereocenters. The summed E-state index contributed by atoms with van der Waals surface area (Å²) in [4.78, 5) is 17.3. The van der Waals surface area contributed by atoms with Crippen LogP contribution in [0.15, 0.2) is 60.7 Å². The Morgan fingerprint density at radius 2 is 1.48 bits per heavy atom. The van der Waals surface area contributed by atoms with Crippen molar-refractivity contribution in [1.29, 1.82) is 0 Å². The third-order valence-electron chi connectivity index (χ3n) is 5.48. The van der Waals surface area contributed by atoms with E-state index in [9.17, 15) is 4.79 Å². The van der Waals surface area contributed by atoms with Crippen molar-refractivity contribution in [2.75, 3.05) is 40.4 Å². The third kappa shape index (κ3) is 4.35. The van der Waals surface area contributed by atoms with Crippen LogP contribution in [-0.4, -0.2) is 56.1 Å². The van der Waals surface area contributed by atoms with Crippen molar-refractivity contribution in [3.05, 3.63) is 71.8 Å². The molecule has 5 nitrogen and oxygen atoms in total. The van der Waals surface area contributed by atoms with E-state index in [1.165, 1.54) is 16.3 Å². The van der Waals surface area contributed by atoms with Crippen LogP contribution in [0.2, 0.25) is 0 Å². The quantitative estimate of drug-likeness (QED) is 0.664. The monoisotopic (exact) mass is 390 g/mol. The van der Waals surface area contributed by atoms with Crippen molar-refractivity contribution in [1.82, 2.24) is 9.80 Å². The Balaban J connectivity index is 1.39. The Labute approximate surface area is 171 Å². The lowest BCUT2D eigenvalue weighted by atomic mass is 10.1. The lowest BCUT2D eigenvalue weighted by Crippen LogP contribution is -2.48. The van der Waals surface area contributed by atoms with Crippen molar-refractivity contribution in [3.63, 3.8) is 0 Å². The molecule has 0 aromatic heterocycles. The van der Waals surface area contributed by atoms with E-state index in [2.05, 4.69) is 47.4 Å². The highest BCUT2D eigenvalue weighted by Gasteiger charge is 2.23. The van der Waals surface area contributed by atoms with Gasteiger partial charge in [0.15, 0.2) is 0 Å². The van der Waals surface area contributed by atoms with E-state index in [1.54, 1.807) is 32.4 Å². The zero-order chi connectivity index (χ0) is 20.2. The minimum atomic E-state index is 0.0209. The van der Waals surface area contributed by atoms with Crippen LogP contribution in [0.4, 0.5) is 0 Å². The molecular weight excluding hydrogens is 364 g/mol. The lowest BCUT2D eigenvalue weighted by molar-refractivity contribution is 0.0628. The van der Waals surface area contributed by atoms with E-state index in [0.717, 1.165) is 19.6 Å². The van der Waals surface area contributed by atoms with Crippen molar-refractivity contribution in [2.45, 2.75) is 6.54 Å². The molecule has 0 aliphatic carbocycles. The van der Waals surface area contributed by atoms with Gasteiger partial charge in [-0.3, -0.25) is 9.69 Å². The molecule has 0 saturated carbocycles. The minimum absolute atomic E-state index is 0.0209. The maximum atomic E-state index is 12.9. The van der Waals surface area contributed by atoms with E-state index < -0.39 is 0 Å². The first-order chi connectivity index (χ1) is 14.2. The van der Waals surface area contributed by atoms with Crippen LogP contribution in [0.5, 0.6) is 11.5 Å². The summed E-state index contributed by atoms with van der Waals surface area (Å²) in [5, 5.41) is 2.53. The van der Waals surface area contributed by atoms with Crippen molar-refractivity contribution < 1.29 is 14.3 Å². The van der Waals surface area contributed by atoms with Crippen LogP contribution in [0, 0.1) is 0 Å². The number of hydrogen-bond acceptors (Lipinski definition) is 4. The molecule has 3 aromatic carbocycles. The van der Waals surface area contributed by atoms with Gasteiger partial charge in [-0.2, -0.15) is 0 Å². The van der Waals surface area contributed by atoms with Crippen molar-refractivity contribution in [3.8, 4) is 11.5 Å². The van der Waals surface area contributed by atoms with Crippen LogP contribution in [0.25, 0.3) is 10.8 Å². The number of ether oxygens (including phenoxy) is 2. The highest BCUT2D eigenvalue weighted by atomic mass is 16.5. The first-order valence-electron chi connectivity index (χ1n) is 9.88. The average molecular weight is 390 g/mol. The van der Waals surface area contributed by atoms with Crippen LogP contribution < -0.4 is 9.47 Å². The number of methoxy groups -OCH3 is 2. The number of amides is 1. The second-order valence-electron chi connectivity index (χ2n) is 7.35. The first kappa shape index (κ1) is 19.3. The Morgan fingerprint density at radius 3 is 2.14 bits per heavy atom.